The first kappa shape index (κ1) is 39.0. The number of benzene rings is 1. The number of carbonyl (C=O) groups is 5. The van der Waals surface area contributed by atoms with Crippen molar-refractivity contribution in [2.24, 2.45) is 5.92 Å². The minimum absolute atomic E-state index is 0.111. The van der Waals surface area contributed by atoms with Crippen molar-refractivity contribution in [3.05, 3.63) is 35.9 Å². The average Bonchev–Trinajstić information content (AvgIpc) is 3.59. The first-order valence-electron chi connectivity index (χ1n) is 17.0. The van der Waals surface area contributed by atoms with E-state index in [2.05, 4.69) is 21.3 Å². The van der Waals surface area contributed by atoms with Gasteiger partial charge in [-0.2, -0.15) is 0 Å². The third kappa shape index (κ3) is 14.3. The number of ether oxygens (including phenoxy) is 2. The van der Waals surface area contributed by atoms with E-state index in [0.29, 0.717) is 45.2 Å². The summed E-state index contributed by atoms with van der Waals surface area (Å²) in [4.78, 5) is 62.6. The number of alkyl carbamates (subject to hydrolysis) is 1. The normalized spacial score (nSPS) is 18.0. The summed E-state index contributed by atoms with van der Waals surface area (Å²) in [5.41, 5.74) is 0.880. The van der Waals surface area contributed by atoms with Crippen LogP contribution in [0.1, 0.15) is 90.0 Å². The van der Waals surface area contributed by atoms with Crippen molar-refractivity contribution in [3.63, 3.8) is 0 Å². The Bertz CT molecular complexity index is 1210. The molecular weight excluding hydrogens is 643 g/mol. The number of amides is 3. The summed E-state index contributed by atoms with van der Waals surface area (Å²) in [7, 11) is -2.77. The largest absolute Gasteiger partial charge is 0.698 e. The second-order valence-corrected chi connectivity index (χ2v) is 13.1. The molecule has 0 radical (unpaired) electrons. The Labute approximate surface area is 283 Å². The van der Waals surface area contributed by atoms with E-state index >= 15 is 0 Å². The van der Waals surface area contributed by atoms with Crippen LogP contribution in [-0.4, -0.2) is 73.8 Å². The summed E-state index contributed by atoms with van der Waals surface area (Å²) >= 11 is 0. The van der Waals surface area contributed by atoms with E-state index in [0.717, 1.165) is 44.1 Å². The molecule has 15 heteroatoms. The maximum absolute atomic E-state index is 13.4. The Hall–Kier alpha value is -3.45. The summed E-state index contributed by atoms with van der Waals surface area (Å²) < 4.78 is 33.1. The van der Waals surface area contributed by atoms with E-state index in [4.69, 9.17) is 18.5 Å². The molecule has 1 heterocycles. The minimum atomic E-state index is -2.77. The molecule has 4 unspecified atom stereocenters. The molecule has 1 saturated heterocycles. The lowest BCUT2D eigenvalue weighted by Gasteiger charge is -2.28. The fourth-order valence-corrected chi connectivity index (χ4v) is 5.82. The van der Waals surface area contributed by atoms with Crippen LogP contribution in [0.5, 0.6) is 0 Å². The molecule has 0 aromatic heterocycles. The number of hydrogen-bond acceptors (Lipinski definition) is 11. The van der Waals surface area contributed by atoms with Crippen molar-refractivity contribution in [1.82, 2.24) is 21.3 Å². The fourth-order valence-electron chi connectivity index (χ4n) is 5.11. The fraction of sp³-hybridized carbons (Fsp3) is 0.667. The minimum Gasteiger partial charge on any atom is -0.445 e. The standard InChI is InChI=1S/C33H49N4O10P/c1-3-4-16-26(22-45-48(43)47-23(2)31(40)46-32(41)28-18-11-20-34-28)36-30(39)27(37-29(38)25-14-10-15-25)17-8-9-19-35-33(42)44-21-24-12-6-5-7-13-24/h5-7,12-13,23,25-28,34H,3-4,8-11,14-22H2,1-2H3,(H2-,35,36,37,38,39,42)/p+1/t23?,26?,27?,28-/m0/s1. The Balaban J connectivity index is 1.45. The molecule has 1 aromatic carbocycles. The van der Waals surface area contributed by atoms with Gasteiger partial charge < -0.3 is 30.7 Å². The molecule has 1 aliphatic heterocycles. The highest BCUT2D eigenvalue weighted by Gasteiger charge is 2.35. The van der Waals surface area contributed by atoms with Crippen molar-refractivity contribution in [3.8, 4) is 0 Å². The number of esters is 2. The number of nitrogens with one attached hydrogen (secondary N) is 4. The van der Waals surface area contributed by atoms with Crippen LogP contribution in [0.2, 0.25) is 0 Å². The van der Waals surface area contributed by atoms with Crippen LogP contribution in [0.3, 0.4) is 0 Å². The van der Waals surface area contributed by atoms with Crippen LogP contribution in [0.15, 0.2) is 30.3 Å². The highest BCUT2D eigenvalue weighted by molar-refractivity contribution is 7.33. The summed E-state index contributed by atoms with van der Waals surface area (Å²) in [5, 5.41) is 11.4. The van der Waals surface area contributed by atoms with E-state index in [-0.39, 0.29) is 25.0 Å². The first-order chi connectivity index (χ1) is 23.2. The SMILES string of the molecule is CCCCC(CO[P+](=O)OC(C)C(=O)OC(=O)[C@@H]1CCCN1)NC(=O)C(CCCCNC(=O)OCc1ccccc1)NC(=O)C1CCC1. The van der Waals surface area contributed by atoms with Crippen molar-refractivity contribution in [1.29, 1.82) is 0 Å². The van der Waals surface area contributed by atoms with Crippen molar-refractivity contribution < 1.29 is 47.1 Å². The molecule has 3 amide bonds. The molecule has 2 fully saturated rings. The van der Waals surface area contributed by atoms with Crippen molar-refractivity contribution >= 4 is 38.1 Å². The maximum Gasteiger partial charge on any atom is 0.698 e. The second kappa shape index (κ2) is 21.5. The quantitative estimate of drug-likeness (QED) is 0.0632. The topological polar surface area (TPSA) is 187 Å². The third-order valence-electron chi connectivity index (χ3n) is 8.27. The van der Waals surface area contributed by atoms with Crippen molar-refractivity contribution in [2.75, 3.05) is 19.7 Å². The molecule has 0 spiro atoms. The van der Waals surface area contributed by atoms with E-state index in [9.17, 15) is 28.5 Å². The molecule has 0 bridgehead atoms. The van der Waals surface area contributed by atoms with Gasteiger partial charge in [-0.3, -0.25) is 9.59 Å². The van der Waals surface area contributed by atoms with Gasteiger partial charge in [-0.1, -0.05) is 56.5 Å². The maximum atomic E-state index is 13.4. The van der Waals surface area contributed by atoms with Gasteiger partial charge in [0.1, 0.15) is 25.3 Å². The van der Waals surface area contributed by atoms with Crippen LogP contribution >= 0.6 is 8.25 Å². The van der Waals surface area contributed by atoms with Gasteiger partial charge in [0, 0.05) is 17.0 Å². The zero-order chi connectivity index (χ0) is 34.7. The van der Waals surface area contributed by atoms with Gasteiger partial charge in [-0.25, -0.2) is 14.4 Å². The van der Waals surface area contributed by atoms with Gasteiger partial charge >= 0.3 is 26.3 Å². The van der Waals surface area contributed by atoms with Gasteiger partial charge in [-0.15, -0.1) is 9.05 Å². The molecule has 1 aromatic rings. The number of carbonyl (C=O) groups excluding carboxylic acids is 5. The summed E-state index contributed by atoms with van der Waals surface area (Å²) in [6.07, 6.45) is 5.62. The Morgan fingerprint density at radius 1 is 0.979 bits per heavy atom. The lowest BCUT2D eigenvalue weighted by Crippen LogP contribution is -2.52. The summed E-state index contributed by atoms with van der Waals surface area (Å²) in [5.74, 6) is -2.34. The first-order valence-corrected chi connectivity index (χ1v) is 18.1. The Morgan fingerprint density at radius 2 is 1.75 bits per heavy atom. The smallest absolute Gasteiger partial charge is 0.445 e. The van der Waals surface area contributed by atoms with E-state index in [1.807, 2.05) is 37.3 Å². The number of hydrogen-bond donors (Lipinski definition) is 4. The number of unbranched alkanes of at least 4 members (excludes halogenated alkanes) is 2. The number of rotatable bonds is 21. The van der Waals surface area contributed by atoms with Gasteiger partial charge in [0.25, 0.3) is 0 Å². The van der Waals surface area contributed by atoms with Gasteiger partial charge in [0.15, 0.2) is 0 Å². The van der Waals surface area contributed by atoms with Crippen LogP contribution in [-0.2, 0) is 48.9 Å². The summed E-state index contributed by atoms with van der Waals surface area (Å²) in [6, 6.07) is 7.44. The average molecular weight is 694 g/mol. The lowest BCUT2D eigenvalue weighted by molar-refractivity contribution is -0.165. The highest BCUT2D eigenvalue weighted by Crippen LogP contribution is 2.28. The molecule has 4 N–H and O–H groups in total. The van der Waals surface area contributed by atoms with Crippen molar-refractivity contribution in [2.45, 2.75) is 115 Å². The molecule has 1 saturated carbocycles. The third-order valence-corrected chi connectivity index (χ3v) is 9.11. The Morgan fingerprint density at radius 3 is 2.42 bits per heavy atom. The highest BCUT2D eigenvalue weighted by atomic mass is 31.1. The molecule has 1 aliphatic carbocycles. The molecule has 266 valence electrons. The van der Waals surface area contributed by atoms with Gasteiger partial charge in [0.2, 0.25) is 17.9 Å². The lowest BCUT2D eigenvalue weighted by atomic mass is 9.84. The molecule has 5 atom stereocenters. The molecule has 3 rings (SSSR count). The predicted octanol–water partition coefficient (Wildman–Crippen LogP) is 3.94. The van der Waals surface area contributed by atoms with Crippen LogP contribution in [0, 0.1) is 5.92 Å². The zero-order valence-corrected chi connectivity index (χ0v) is 28.8. The predicted molar refractivity (Wildman–Crippen MR) is 175 cm³/mol. The molecular formula is C33H50N4O10P+. The second-order valence-electron chi connectivity index (χ2n) is 12.2. The van der Waals surface area contributed by atoms with Crippen LogP contribution in [0.4, 0.5) is 4.79 Å². The van der Waals surface area contributed by atoms with E-state index < -0.39 is 56.4 Å². The zero-order valence-electron chi connectivity index (χ0n) is 27.9. The Kier molecular flexibility index (Phi) is 17.5. The van der Waals surface area contributed by atoms with E-state index in [1.165, 1.54) is 6.92 Å². The summed E-state index contributed by atoms with van der Waals surface area (Å²) in [6.45, 7) is 4.31. The molecule has 2 aliphatic rings. The van der Waals surface area contributed by atoms with Crippen LogP contribution < -0.4 is 21.3 Å². The monoisotopic (exact) mass is 693 g/mol. The molecule has 48 heavy (non-hydrogen) atoms. The van der Waals surface area contributed by atoms with Gasteiger partial charge in [-0.05, 0) is 70.4 Å². The van der Waals surface area contributed by atoms with E-state index in [1.54, 1.807) is 0 Å². The molecule has 14 nitrogen and oxygen atoms in total. The van der Waals surface area contributed by atoms with Gasteiger partial charge in [0.05, 0.1) is 6.04 Å². The van der Waals surface area contributed by atoms with Crippen LogP contribution in [0.25, 0.3) is 0 Å².